The van der Waals surface area contributed by atoms with Crippen LogP contribution >= 0.6 is 24.0 Å². The number of anilines is 1. The summed E-state index contributed by atoms with van der Waals surface area (Å²) >= 11 is 0. The van der Waals surface area contributed by atoms with Crippen molar-refractivity contribution in [2.24, 2.45) is 10.7 Å². The van der Waals surface area contributed by atoms with Crippen molar-refractivity contribution in [3.8, 4) is 0 Å². The van der Waals surface area contributed by atoms with E-state index in [0.717, 1.165) is 44.5 Å². The SMILES string of the molecule is CCc1cccc(CC)c1NC(N)=NCCCCOC(C)C.I. The van der Waals surface area contributed by atoms with Gasteiger partial charge in [0, 0.05) is 18.8 Å². The molecular weight excluding hydrogens is 401 g/mol. The molecule has 23 heavy (non-hydrogen) atoms. The predicted molar refractivity (Wildman–Crippen MR) is 111 cm³/mol. The molecule has 0 unspecified atom stereocenters. The number of benzene rings is 1. The number of nitrogens with two attached hydrogens (primary N) is 1. The normalized spacial score (nSPS) is 11.4. The Morgan fingerprint density at radius 2 is 1.78 bits per heavy atom. The van der Waals surface area contributed by atoms with E-state index in [1.807, 2.05) is 0 Å². The lowest BCUT2D eigenvalue weighted by Crippen LogP contribution is -2.24. The summed E-state index contributed by atoms with van der Waals surface area (Å²) in [4.78, 5) is 4.41. The van der Waals surface area contributed by atoms with Gasteiger partial charge in [0.25, 0.3) is 0 Å². The Morgan fingerprint density at radius 3 is 2.30 bits per heavy atom. The highest BCUT2D eigenvalue weighted by Gasteiger charge is 2.06. The van der Waals surface area contributed by atoms with E-state index in [1.165, 1.54) is 11.1 Å². The molecule has 0 fully saturated rings. The summed E-state index contributed by atoms with van der Waals surface area (Å²) in [6.07, 6.45) is 4.27. The van der Waals surface area contributed by atoms with E-state index in [9.17, 15) is 0 Å². The van der Waals surface area contributed by atoms with Gasteiger partial charge in [-0.05, 0) is 50.7 Å². The lowest BCUT2D eigenvalue weighted by Gasteiger charge is -2.14. The third kappa shape index (κ3) is 8.55. The van der Waals surface area contributed by atoms with Gasteiger partial charge in [-0.3, -0.25) is 4.99 Å². The number of nitrogens with one attached hydrogen (secondary N) is 1. The molecule has 3 N–H and O–H groups in total. The van der Waals surface area contributed by atoms with Crippen LogP contribution in [-0.4, -0.2) is 25.2 Å². The van der Waals surface area contributed by atoms with Gasteiger partial charge < -0.3 is 15.8 Å². The third-order valence-electron chi connectivity index (χ3n) is 3.54. The van der Waals surface area contributed by atoms with E-state index in [0.29, 0.717) is 12.1 Å². The van der Waals surface area contributed by atoms with Gasteiger partial charge in [-0.2, -0.15) is 0 Å². The van der Waals surface area contributed by atoms with Gasteiger partial charge in [0.15, 0.2) is 5.96 Å². The smallest absolute Gasteiger partial charge is 0.193 e. The molecule has 1 aromatic rings. The number of ether oxygens (including phenoxy) is 1. The molecule has 0 amide bonds. The summed E-state index contributed by atoms with van der Waals surface area (Å²) in [7, 11) is 0. The van der Waals surface area contributed by atoms with Crippen LogP contribution in [0.15, 0.2) is 23.2 Å². The summed E-state index contributed by atoms with van der Waals surface area (Å²) in [5, 5.41) is 3.29. The summed E-state index contributed by atoms with van der Waals surface area (Å²) in [5.41, 5.74) is 9.71. The Balaban J connectivity index is 0.00000484. The van der Waals surface area contributed by atoms with E-state index in [2.05, 4.69) is 56.2 Å². The Hall–Kier alpha value is -0.820. The van der Waals surface area contributed by atoms with Gasteiger partial charge in [-0.15, -0.1) is 24.0 Å². The van der Waals surface area contributed by atoms with Crippen LogP contribution in [0.2, 0.25) is 0 Å². The van der Waals surface area contributed by atoms with Gasteiger partial charge in [0.2, 0.25) is 0 Å². The molecule has 1 aromatic carbocycles. The number of para-hydroxylation sites is 1. The average molecular weight is 433 g/mol. The molecule has 0 aliphatic heterocycles. The van der Waals surface area contributed by atoms with Crippen molar-refractivity contribution in [1.29, 1.82) is 0 Å². The molecule has 0 atom stereocenters. The number of nitrogens with zero attached hydrogens (tertiary/aromatic N) is 1. The highest BCUT2D eigenvalue weighted by molar-refractivity contribution is 14.0. The second kappa shape index (κ2) is 12.6. The Labute approximate surface area is 158 Å². The van der Waals surface area contributed by atoms with Crippen molar-refractivity contribution in [3.05, 3.63) is 29.3 Å². The average Bonchev–Trinajstić information content (AvgIpc) is 2.50. The molecule has 0 aliphatic rings. The fraction of sp³-hybridized carbons (Fsp3) is 0.611. The van der Waals surface area contributed by atoms with Crippen LogP contribution in [0.4, 0.5) is 5.69 Å². The van der Waals surface area contributed by atoms with E-state index in [1.54, 1.807) is 0 Å². The van der Waals surface area contributed by atoms with Crippen LogP contribution < -0.4 is 11.1 Å². The molecule has 0 aliphatic carbocycles. The lowest BCUT2D eigenvalue weighted by atomic mass is 10.0. The first-order valence-electron chi connectivity index (χ1n) is 8.37. The molecule has 0 saturated heterocycles. The van der Waals surface area contributed by atoms with E-state index in [4.69, 9.17) is 10.5 Å². The topological polar surface area (TPSA) is 59.6 Å². The van der Waals surface area contributed by atoms with Crippen LogP contribution in [0.5, 0.6) is 0 Å². The molecule has 0 saturated carbocycles. The van der Waals surface area contributed by atoms with Crippen LogP contribution in [0.1, 0.15) is 51.7 Å². The van der Waals surface area contributed by atoms with Gasteiger partial charge >= 0.3 is 0 Å². The zero-order chi connectivity index (χ0) is 16.4. The third-order valence-corrected chi connectivity index (χ3v) is 3.54. The molecule has 0 heterocycles. The molecule has 1 rings (SSSR count). The number of aliphatic imine (C=N–C) groups is 1. The number of halogens is 1. The van der Waals surface area contributed by atoms with Crippen LogP contribution in [0.3, 0.4) is 0 Å². The minimum atomic E-state index is 0. The number of aryl methyl sites for hydroxylation is 2. The first-order chi connectivity index (χ1) is 10.6. The largest absolute Gasteiger partial charge is 0.379 e. The Bertz CT molecular complexity index is 453. The van der Waals surface area contributed by atoms with Gasteiger partial charge in [-0.1, -0.05) is 32.0 Å². The predicted octanol–water partition coefficient (Wildman–Crippen LogP) is 4.36. The van der Waals surface area contributed by atoms with Crippen molar-refractivity contribution in [2.45, 2.75) is 59.5 Å². The first kappa shape index (κ1) is 22.2. The second-order valence-electron chi connectivity index (χ2n) is 5.68. The van der Waals surface area contributed by atoms with Gasteiger partial charge in [0.05, 0.1) is 6.10 Å². The van der Waals surface area contributed by atoms with Gasteiger partial charge in [-0.25, -0.2) is 0 Å². The van der Waals surface area contributed by atoms with E-state index < -0.39 is 0 Å². The molecular formula is C18H32IN3O. The number of hydrogen-bond acceptors (Lipinski definition) is 2. The van der Waals surface area contributed by atoms with Crippen molar-refractivity contribution < 1.29 is 4.74 Å². The molecule has 0 radical (unpaired) electrons. The second-order valence-corrected chi connectivity index (χ2v) is 5.68. The zero-order valence-corrected chi connectivity index (χ0v) is 17.2. The summed E-state index contributed by atoms with van der Waals surface area (Å²) in [6, 6.07) is 6.38. The van der Waals surface area contributed by atoms with E-state index >= 15 is 0 Å². The van der Waals surface area contributed by atoms with Crippen LogP contribution in [-0.2, 0) is 17.6 Å². The number of rotatable bonds is 9. The van der Waals surface area contributed by atoms with Crippen LogP contribution in [0.25, 0.3) is 0 Å². The number of unbranched alkanes of at least 4 members (excludes halogenated alkanes) is 1. The molecule has 5 heteroatoms. The van der Waals surface area contributed by atoms with Crippen molar-refractivity contribution in [1.82, 2.24) is 0 Å². The maximum atomic E-state index is 6.02. The first-order valence-corrected chi connectivity index (χ1v) is 8.37. The molecule has 0 aromatic heterocycles. The maximum Gasteiger partial charge on any atom is 0.193 e. The summed E-state index contributed by atoms with van der Waals surface area (Å²) < 4.78 is 5.51. The molecule has 4 nitrogen and oxygen atoms in total. The maximum absolute atomic E-state index is 6.02. The number of guanidine groups is 1. The Morgan fingerprint density at radius 1 is 1.17 bits per heavy atom. The molecule has 132 valence electrons. The van der Waals surface area contributed by atoms with Crippen molar-refractivity contribution in [2.75, 3.05) is 18.5 Å². The standard InChI is InChI=1S/C18H31N3O.HI/c1-5-15-10-9-11-16(6-2)17(15)21-18(19)20-12-7-8-13-22-14(3)4;/h9-11,14H,5-8,12-13H2,1-4H3,(H3,19,20,21);1H. The zero-order valence-electron chi connectivity index (χ0n) is 14.9. The van der Waals surface area contributed by atoms with Gasteiger partial charge in [0.1, 0.15) is 0 Å². The fourth-order valence-electron chi connectivity index (χ4n) is 2.30. The Kier molecular flexibility index (Phi) is 12.1. The molecule has 0 bridgehead atoms. The van der Waals surface area contributed by atoms with E-state index in [-0.39, 0.29) is 24.0 Å². The highest BCUT2D eigenvalue weighted by atomic mass is 127. The quantitative estimate of drug-likeness (QED) is 0.263. The number of hydrogen-bond donors (Lipinski definition) is 2. The minimum absolute atomic E-state index is 0. The van der Waals surface area contributed by atoms with Crippen molar-refractivity contribution in [3.63, 3.8) is 0 Å². The lowest BCUT2D eigenvalue weighted by molar-refractivity contribution is 0.0764. The monoisotopic (exact) mass is 433 g/mol. The summed E-state index contributed by atoms with van der Waals surface area (Å²) in [5.74, 6) is 0.500. The summed E-state index contributed by atoms with van der Waals surface area (Å²) in [6.45, 7) is 9.94. The minimum Gasteiger partial charge on any atom is -0.379 e. The van der Waals surface area contributed by atoms with Crippen LogP contribution in [0, 0.1) is 0 Å². The highest BCUT2D eigenvalue weighted by Crippen LogP contribution is 2.22. The van der Waals surface area contributed by atoms with Crippen molar-refractivity contribution >= 4 is 35.6 Å². The molecule has 0 spiro atoms. The fourth-order valence-corrected chi connectivity index (χ4v) is 2.30.